The Morgan fingerprint density at radius 1 is 1.06 bits per heavy atom. The molecule has 6 nitrogen and oxygen atoms in total. The Balaban J connectivity index is 1.20. The Bertz CT molecular complexity index is 971. The number of rotatable bonds is 9. The second-order valence-electron chi connectivity index (χ2n) is 7.59. The molecule has 0 aliphatic carbocycles. The number of aryl methyl sites for hydroxylation is 1. The summed E-state index contributed by atoms with van der Waals surface area (Å²) in [6.07, 6.45) is 3.88. The molecule has 1 N–H and O–H groups in total. The third-order valence-electron chi connectivity index (χ3n) is 5.15. The first-order valence-corrected chi connectivity index (χ1v) is 11.8. The largest absolute Gasteiger partial charge is 0.421 e. The Kier molecular flexibility index (Phi) is 7.74. The lowest BCUT2D eigenvalue weighted by Crippen LogP contribution is -2.17. The Hall–Kier alpha value is -2.64. The van der Waals surface area contributed by atoms with Gasteiger partial charge in [-0.3, -0.25) is 4.79 Å². The molecule has 7 heteroatoms. The number of aromatic nitrogens is 2. The number of thioether (sulfide) groups is 1. The van der Waals surface area contributed by atoms with Gasteiger partial charge in [0.2, 0.25) is 17.7 Å². The summed E-state index contributed by atoms with van der Waals surface area (Å²) in [5.74, 6) is 2.02. The van der Waals surface area contributed by atoms with Gasteiger partial charge in [0, 0.05) is 48.3 Å². The Morgan fingerprint density at radius 3 is 2.74 bits per heavy atom. The van der Waals surface area contributed by atoms with Gasteiger partial charge in [-0.05, 0) is 49.1 Å². The lowest BCUT2D eigenvalue weighted by Gasteiger charge is -2.21. The van der Waals surface area contributed by atoms with E-state index in [4.69, 9.17) is 9.15 Å². The number of hydrogen-bond acceptors (Lipinski definition) is 6. The summed E-state index contributed by atoms with van der Waals surface area (Å²) < 4.78 is 11.1. The average molecular weight is 438 g/mol. The number of benzene rings is 2. The van der Waals surface area contributed by atoms with Crippen molar-refractivity contribution in [3.63, 3.8) is 0 Å². The molecular weight excluding hydrogens is 410 g/mol. The van der Waals surface area contributed by atoms with Crippen LogP contribution in [0.2, 0.25) is 0 Å². The van der Waals surface area contributed by atoms with Crippen molar-refractivity contribution in [3.05, 3.63) is 66.1 Å². The van der Waals surface area contributed by atoms with Gasteiger partial charge in [-0.1, -0.05) is 30.3 Å². The monoisotopic (exact) mass is 437 g/mol. The van der Waals surface area contributed by atoms with E-state index >= 15 is 0 Å². The number of nitrogens with zero attached hydrogens (tertiary/aromatic N) is 2. The van der Waals surface area contributed by atoms with Crippen molar-refractivity contribution in [1.82, 2.24) is 10.2 Å². The van der Waals surface area contributed by atoms with Crippen molar-refractivity contribution >= 4 is 23.4 Å². The van der Waals surface area contributed by atoms with E-state index in [1.165, 1.54) is 5.56 Å². The van der Waals surface area contributed by atoms with Crippen LogP contribution < -0.4 is 5.32 Å². The van der Waals surface area contributed by atoms with Crippen molar-refractivity contribution in [2.24, 2.45) is 0 Å². The summed E-state index contributed by atoms with van der Waals surface area (Å²) in [5, 5.41) is 11.8. The molecule has 162 valence electrons. The van der Waals surface area contributed by atoms with E-state index in [1.54, 1.807) is 0 Å². The summed E-state index contributed by atoms with van der Waals surface area (Å²) in [6.45, 7) is 1.73. The maximum absolute atomic E-state index is 12.3. The fraction of sp³-hybridized carbons (Fsp3) is 0.375. The molecule has 0 radical (unpaired) electrons. The van der Waals surface area contributed by atoms with Crippen molar-refractivity contribution < 1.29 is 13.9 Å². The summed E-state index contributed by atoms with van der Waals surface area (Å²) in [5.41, 5.74) is 2.97. The summed E-state index contributed by atoms with van der Waals surface area (Å²) in [6, 6.07) is 17.8. The standard InChI is InChI=1S/C24H27N3O3S/c28-22(10-5-11-23-26-27-24(30-23)19-7-2-1-3-8-19)25-20-9-4-6-18(16-20)17-31-21-12-14-29-15-13-21/h1-4,6-9,16,21H,5,10-15,17H2,(H,25,28). The number of anilines is 1. The SMILES string of the molecule is O=C(CCCc1nnc(-c2ccccc2)o1)Nc1cccc(CSC2CCOCC2)c1. The first kappa shape index (κ1) is 21.6. The fourth-order valence-electron chi connectivity index (χ4n) is 3.47. The average Bonchev–Trinajstić information content (AvgIpc) is 3.28. The van der Waals surface area contributed by atoms with Gasteiger partial charge >= 0.3 is 0 Å². The van der Waals surface area contributed by atoms with E-state index in [0.717, 1.165) is 43.1 Å². The van der Waals surface area contributed by atoms with Crippen LogP contribution in [0, 0.1) is 0 Å². The molecule has 2 aromatic carbocycles. The molecule has 0 unspecified atom stereocenters. The van der Waals surface area contributed by atoms with Gasteiger partial charge in [0.15, 0.2) is 0 Å². The van der Waals surface area contributed by atoms with Gasteiger partial charge in [-0.2, -0.15) is 11.8 Å². The molecule has 1 amide bonds. The number of amides is 1. The van der Waals surface area contributed by atoms with Gasteiger partial charge in [-0.15, -0.1) is 10.2 Å². The summed E-state index contributed by atoms with van der Waals surface area (Å²) >= 11 is 1.97. The van der Waals surface area contributed by atoms with E-state index in [2.05, 4.69) is 27.6 Å². The van der Waals surface area contributed by atoms with Crippen LogP contribution in [0.3, 0.4) is 0 Å². The highest BCUT2D eigenvalue weighted by atomic mass is 32.2. The van der Waals surface area contributed by atoms with Crippen LogP contribution in [0.25, 0.3) is 11.5 Å². The first-order chi connectivity index (χ1) is 15.3. The number of carbonyl (C=O) groups is 1. The van der Waals surface area contributed by atoms with Crippen LogP contribution in [0.15, 0.2) is 59.0 Å². The lowest BCUT2D eigenvalue weighted by molar-refractivity contribution is -0.116. The molecule has 0 saturated carbocycles. The van der Waals surface area contributed by atoms with Gasteiger partial charge in [0.1, 0.15) is 0 Å². The van der Waals surface area contributed by atoms with Crippen LogP contribution in [0.4, 0.5) is 5.69 Å². The van der Waals surface area contributed by atoms with Crippen LogP contribution in [-0.2, 0) is 21.7 Å². The molecular formula is C24H27N3O3S. The smallest absolute Gasteiger partial charge is 0.247 e. The van der Waals surface area contributed by atoms with E-state index < -0.39 is 0 Å². The maximum Gasteiger partial charge on any atom is 0.247 e. The third-order valence-corrected chi connectivity index (χ3v) is 6.59. The Labute approximate surface area is 186 Å². The molecule has 1 fully saturated rings. The molecule has 1 aliphatic rings. The number of nitrogens with one attached hydrogen (secondary N) is 1. The van der Waals surface area contributed by atoms with Gasteiger partial charge in [0.05, 0.1) is 0 Å². The van der Waals surface area contributed by atoms with Gasteiger partial charge in [-0.25, -0.2) is 0 Å². The molecule has 2 heterocycles. The van der Waals surface area contributed by atoms with E-state index in [0.29, 0.717) is 36.3 Å². The highest BCUT2D eigenvalue weighted by molar-refractivity contribution is 7.99. The molecule has 1 aliphatic heterocycles. The molecule has 4 rings (SSSR count). The highest BCUT2D eigenvalue weighted by Gasteiger charge is 2.14. The minimum absolute atomic E-state index is 0.00275. The van der Waals surface area contributed by atoms with E-state index in [9.17, 15) is 4.79 Å². The van der Waals surface area contributed by atoms with Crippen LogP contribution in [0.5, 0.6) is 0 Å². The zero-order valence-electron chi connectivity index (χ0n) is 17.5. The van der Waals surface area contributed by atoms with E-state index in [1.807, 2.05) is 54.2 Å². The molecule has 31 heavy (non-hydrogen) atoms. The first-order valence-electron chi connectivity index (χ1n) is 10.7. The summed E-state index contributed by atoms with van der Waals surface area (Å²) in [7, 11) is 0. The minimum atomic E-state index is -0.00275. The Morgan fingerprint density at radius 2 is 1.90 bits per heavy atom. The second kappa shape index (κ2) is 11.1. The van der Waals surface area contributed by atoms with Crippen molar-refractivity contribution in [2.75, 3.05) is 18.5 Å². The normalized spacial score (nSPS) is 14.5. The summed E-state index contributed by atoms with van der Waals surface area (Å²) in [4.78, 5) is 12.3. The number of ether oxygens (including phenoxy) is 1. The topological polar surface area (TPSA) is 77.2 Å². The quantitative estimate of drug-likeness (QED) is 0.501. The van der Waals surface area contributed by atoms with Crippen molar-refractivity contribution in [2.45, 2.75) is 43.1 Å². The lowest BCUT2D eigenvalue weighted by atomic mass is 10.2. The minimum Gasteiger partial charge on any atom is -0.421 e. The molecule has 3 aromatic rings. The number of carbonyl (C=O) groups excluding carboxylic acids is 1. The zero-order chi connectivity index (χ0) is 21.3. The predicted octanol–water partition coefficient (Wildman–Crippen LogP) is 5.11. The predicted molar refractivity (Wildman–Crippen MR) is 123 cm³/mol. The number of hydrogen-bond donors (Lipinski definition) is 1. The van der Waals surface area contributed by atoms with Crippen molar-refractivity contribution in [3.8, 4) is 11.5 Å². The van der Waals surface area contributed by atoms with Crippen LogP contribution in [-0.4, -0.2) is 34.6 Å². The fourth-order valence-corrected chi connectivity index (χ4v) is 4.60. The van der Waals surface area contributed by atoms with Crippen LogP contribution >= 0.6 is 11.8 Å². The molecule has 0 spiro atoms. The molecule has 0 atom stereocenters. The zero-order valence-corrected chi connectivity index (χ0v) is 18.3. The second-order valence-corrected chi connectivity index (χ2v) is 8.88. The van der Waals surface area contributed by atoms with Crippen LogP contribution in [0.1, 0.15) is 37.1 Å². The third kappa shape index (κ3) is 6.67. The van der Waals surface area contributed by atoms with E-state index in [-0.39, 0.29) is 5.91 Å². The molecule has 1 aromatic heterocycles. The van der Waals surface area contributed by atoms with Gasteiger partial charge in [0.25, 0.3) is 0 Å². The maximum atomic E-state index is 12.3. The molecule has 0 bridgehead atoms. The molecule has 1 saturated heterocycles. The van der Waals surface area contributed by atoms with Crippen molar-refractivity contribution in [1.29, 1.82) is 0 Å². The van der Waals surface area contributed by atoms with Gasteiger partial charge < -0.3 is 14.5 Å². The highest BCUT2D eigenvalue weighted by Crippen LogP contribution is 2.26.